The third kappa shape index (κ3) is 5.04. The van der Waals surface area contributed by atoms with Crippen LogP contribution in [0, 0.1) is 0 Å². The molecule has 0 spiro atoms. The fraction of sp³-hybridized carbons (Fsp3) is 0. The molecule has 0 aliphatic rings. The molecular weight excluding hydrogens is 739 g/mol. The molecule has 0 N–H and O–H groups in total. The van der Waals surface area contributed by atoms with Crippen LogP contribution in [-0.2, 0) is 0 Å². The second-order valence-electron chi connectivity index (χ2n) is 16.1. The van der Waals surface area contributed by atoms with Gasteiger partial charge < -0.3 is 13.7 Å². The second kappa shape index (κ2) is 13.2. The average molecular weight is 776 g/mol. The second-order valence-corrected chi connectivity index (χ2v) is 16.1. The van der Waals surface area contributed by atoms with Crippen molar-refractivity contribution >= 4 is 76.2 Å². The van der Waals surface area contributed by atoms with E-state index < -0.39 is 0 Å². The number of benzene rings is 10. The molecule has 0 amide bonds. The Morgan fingerprint density at radius 1 is 0.230 bits per heavy atom. The molecule has 13 aromatic rings. The van der Waals surface area contributed by atoms with Gasteiger partial charge >= 0.3 is 0 Å². The SMILES string of the molecule is c1ccc(-c2ccc(-n3c4ccccc4c4cc(-c5c6ccccc6cc6c7ccccc7n(-c7ccc8c9ccccc9n(-c9ccccc9)c8c7)c56)ccc43)cc2)cc1. The molecule has 0 saturated carbocycles. The summed E-state index contributed by atoms with van der Waals surface area (Å²) in [5, 5.41) is 9.92. The molecule has 0 atom stereocenters. The van der Waals surface area contributed by atoms with Gasteiger partial charge in [0, 0.05) is 54.9 Å². The van der Waals surface area contributed by atoms with E-state index >= 15 is 0 Å². The Morgan fingerprint density at radius 2 is 0.705 bits per heavy atom. The first kappa shape index (κ1) is 33.8. The predicted molar refractivity (Wildman–Crippen MR) is 258 cm³/mol. The third-order valence-electron chi connectivity index (χ3n) is 12.8. The number of fused-ring (bicyclic) bond motifs is 10. The Bertz CT molecular complexity index is 3850. The number of hydrogen-bond acceptors (Lipinski definition) is 0. The summed E-state index contributed by atoms with van der Waals surface area (Å²) in [5.41, 5.74) is 15.5. The first-order valence-corrected chi connectivity index (χ1v) is 21.0. The van der Waals surface area contributed by atoms with Gasteiger partial charge in [0.05, 0.1) is 33.1 Å². The molecule has 0 fully saturated rings. The zero-order valence-electron chi connectivity index (χ0n) is 33.2. The van der Waals surface area contributed by atoms with Gasteiger partial charge in [-0.05, 0) is 100 Å². The Hall–Kier alpha value is -8.14. The lowest BCUT2D eigenvalue weighted by molar-refractivity contribution is 1.16. The van der Waals surface area contributed by atoms with E-state index in [-0.39, 0.29) is 0 Å². The van der Waals surface area contributed by atoms with Gasteiger partial charge in [-0.1, -0.05) is 152 Å². The van der Waals surface area contributed by atoms with Crippen molar-refractivity contribution in [2.45, 2.75) is 0 Å². The van der Waals surface area contributed by atoms with Crippen LogP contribution in [0.15, 0.2) is 224 Å². The number of nitrogens with zero attached hydrogens (tertiary/aromatic N) is 3. The van der Waals surface area contributed by atoms with E-state index in [1.807, 2.05) is 0 Å². The lowest BCUT2D eigenvalue weighted by Gasteiger charge is -2.16. The van der Waals surface area contributed by atoms with Crippen LogP contribution in [0.2, 0.25) is 0 Å². The summed E-state index contributed by atoms with van der Waals surface area (Å²) < 4.78 is 7.35. The van der Waals surface area contributed by atoms with E-state index in [0.717, 1.165) is 17.1 Å². The smallest absolute Gasteiger partial charge is 0.0625 e. The molecular formula is C58H37N3. The van der Waals surface area contributed by atoms with Crippen molar-refractivity contribution in [1.29, 1.82) is 0 Å². The number of aromatic nitrogens is 3. The summed E-state index contributed by atoms with van der Waals surface area (Å²) in [5.74, 6) is 0. The van der Waals surface area contributed by atoms with E-state index in [9.17, 15) is 0 Å². The molecule has 0 radical (unpaired) electrons. The molecule has 13 rings (SSSR count). The number of hydrogen-bond donors (Lipinski definition) is 0. The van der Waals surface area contributed by atoms with Crippen LogP contribution in [-0.4, -0.2) is 13.7 Å². The minimum atomic E-state index is 1.13. The third-order valence-corrected chi connectivity index (χ3v) is 12.8. The molecule has 0 saturated heterocycles. The normalized spacial score (nSPS) is 11.9. The molecule has 0 bridgehead atoms. The van der Waals surface area contributed by atoms with Gasteiger partial charge in [-0.15, -0.1) is 0 Å². The lowest BCUT2D eigenvalue weighted by atomic mass is 9.93. The maximum absolute atomic E-state index is 2.51. The van der Waals surface area contributed by atoms with Gasteiger partial charge in [0.15, 0.2) is 0 Å². The number of rotatable bonds is 5. The minimum absolute atomic E-state index is 1.13. The molecule has 284 valence electrons. The topological polar surface area (TPSA) is 14.8 Å². The maximum Gasteiger partial charge on any atom is 0.0625 e. The van der Waals surface area contributed by atoms with Crippen molar-refractivity contribution in [3.63, 3.8) is 0 Å². The van der Waals surface area contributed by atoms with Crippen molar-refractivity contribution in [3.8, 4) is 39.3 Å². The molecule has 61 heavy (non-hydrogen) atoms. The average Bonchev–Trinajstić information content (AvgIpc) is 3.96. The first-order valence-electron chi connectivity index (χ1n) is 21.0. The molecule has 0 aliphatic heterocycles. The van der Waals surface area contributed by atoms with Crippen molar-refractivity contribution in [3.05, 3.63) is 224 Å². The van der Waals surface area contributed by atoms with Gasteiger partial charge in [-0.2, -0.15) is 0 Å². The number of para-hydroxylation sites is 4. The van der Waals surface area contributed by atoms with Crippen molar-refractivity contribution in [2.75, 3.05) is 0 Å². The van der Waals surface area contributed by atoms with E-state index in [4.69, 9.17) is 0 Å². The largest absolute Gasteiger partial charge is 0.309 e. The summed E-state index contributed by atoms with van der Waals surface area (Å²) in [7, 11) is 0. The lowest BCUT2D eigenvalue weighted by Crippen LogP contribution is -1.98. The molecule has 0 aliphatic carbocycles. The highest BCUT2D eigenvalue weighted by molar-refractivity contribution is 6.22. The van der Waals surface area contributed by atoms with E-state index in [0.29, 0.717) is 0 Å². The molecule has 3 heterocycles. The van der Waals surface area contributed by atoms with Crippen LogP contribution in [0.4, 0.5) is 0 Å². The highest BCUT2D eigenvalue weighted by Crippen LogP contribution is 2.45. The first-order chi connectivity index (χ1) is 30.3. The Kier molecular flexibility index (Phi) is 7.31. The Balaban J connectivity index is 1.09. The molecule has 3 aromatic heterocycles. The van der Waals surface area contributed by atoms with Crippen LogP contribution < -0.4 is 0 Å². The highest BCUT2D eigenvalue weighted by Gasteiger charge is 2.22. The van der Waals surface area contributed by atoms with Crippen molar-refractivity contribution in [2.24, 2.45) is 0 Å². The van der Waals surface area contributed by atoms with Gasteiger partial charge in [0.1, 0.15) is 0 Å². The van der Waals surface area contributed by atoms with Crippen molar-refractivity contribution < 1.29 is 0 Å². The quantitative estimate of drug-likeness (QED) is 0.165. The Morgan fingerprint density at radius 3 is 1.43 bits per heavy atom. The maximum atomic E-state index is 2.51. The minimum Gasteiger partial charge on any atom is -0.309 e. The molecule has 10 aromatic carbocycles. The zero-order chi connectivity index (χ0) is 40.0. The summed E-state index contributed by atoms with van der Waals surface area (Å²) in [6.07, 6.45) is 0. The van der Waals surface area contributed by atoms with Gasteiger partial charge in [-0.25, -0.2) is 0 Å². The molecule has 3 heteroatoms. The molecule has 0 unspecified atom stereocenters. The summed E-state index contributed by atoms with van der Waals surface area (Å²) >= 11 is 0. The van der Waals surface area contributed by atoms with Gasteiger partial charge in [0.25, 0.3) is 0 Å². The standard InChI is InChI=1S/C58H37N3/c1-3-15-38(16-4-1)39-27-30-43(31-28-39)59-53-25-13-10-22-47(53)50-36-41(29-34-55(50)59)57-45-20-8-7-17-40(45)35-51-48-23-11-14-26-54(48)61(58(51)57)44-32-33-49-46-21-9-12-24-52(46)60(56(49)37-44)42-18-5-2-6-19-42/h1-37H. The van der Waals surface area contributed by atoms with E-state index in [1.54, 1.807) is 0 Å². The zero-order valence-corrected chi connectivity index (χ0v) is 33.2. The van der Waals surface area contributed by atoms with Crippen LogP contribution in [0.5, 0.6) is 0 Å². The monoisotopic (exact) mass is 775 g/mol. The van der Waals surface area contributed by atoms with Gasteiger partial charge in [0.2, 0.25) is 0 Å². The summed E-state index contributed by atoms with van der Waals surface area (Å²) in [4.78, 5) is 0. The Labute approximate surface area is 352 Å². The summed E-state index contributed by atoms with van der Waals surface area (Å²) in [6.45, 7) is 0. The van der Waals surface area contributed by atoms with Gasteiger partial charge in [-0.3, -0.25) is 0 Å². The fourth-order valence-corrected chi connectivity index (χ4v) is 10.1. The fourth-order valence-electron chi connectivity index (χ4n) is 10.1. The summed E-state index contributed by atoms with van der Waals surface area (Å²) in [6, 6.07) is 82.3. The van der Waals surface area contributed by atoms with E-state index in [2.05, 4.69) is 238 Å². The highest BCUT2D eigenvalue weighted by atomic mass is 15.0. The van der Waals surface area contributed by atoms with E-state index in [1.165, 1.54) is 98.4 Å². The van der Waals surface area contributed by atoms with Crippen LogP contribution in [0.25, 0.3) is 116 Å². The van der Waals surface area contributed by atoms with Crippen LogP contribution in [0.3, 0.4) is 0 Å². The van der Waals surface area contributed by atoms with Crippen LogP contribution in [0.1, 0.15) is 0 Å². The predicted octanol–water partition coefficient (Wildman–Crippen LogP) is 15.5. The molecule has 3 nitrogen and oxygen atoms in total. The van der Waals surface area contributed by atoms with Crippen LogP contribution >= 0.6 is 0 Å². The van der Waals surface area contributed by atoms with Crippen molar-refractivity contribution in [1.82, 2.24) is 13.7 Å².